The minimum absolute atomic E-state index is 0.112. The van der Waals surface area contributed by atoms with Crippen molar-refractivity contribution in [3.05, 3.63) is 35.7 Å². The summed E-state index contributed by atoms with van der Waals surface area (Å²) in [5.41, 5.74) is 0.112. The molecule has 0 N–H and O–H groups in total. The molecule has 0 aliphatic carbocycles. The number of carbonyl (C=O) groups excluding carboxylic acids is 1. The number of esters is 1. The lowest BCUT2D eigenvalue weighted by atomic mass is 10.0. The molecule has 1 saturated heterocycles. The third kappa shape index (κ3) is 7.24. The van der Waals surface area contributed by atoms with Gasteiger partial charge in [-0.25, -0.2) is 9.18 Å². The van der Waals surface area contributed by atoms with Crippen molar-refractivity contribution < 1.29 is 36.6 Å². The fourth-order valence-electron chi connectivity index (χ4n) is 2.75. The molecule has 4 nitrogen and oxygen atoms in total. The molecule has 0 radical (unpaired) electrons. The van der Waals surface area contributed by atoms with E-state index < -0.39 is 30.0 Å². The molecule has 0 amide bonds. The molecule has 8 heteroatoms. The van der Waals surface area contributed by atoms with E-state index in [0.29, 0.717) is 19.1 Å². The van der Waals surface area contributed by atoms with Crippen molar-refractivity contribution in [2.75, 3.05) is 13.2 Å². The number of benzene rings is 1. The number of carbonyl (C=O) groups is 1. The van der Waals surface area contributed by atoms with Crippen LogP contribution in [0, 0.1) is 11.7 Å². The lowest BCUT2D eigenvalue weighted by Gasteiger charge is -2.27. The van der Waals surface area contributed by atoms with Gasteiger partial charge in [0.1, 0.15) is 11.6 Å². The first-order valence-corrected chi connectivity index (χ1v) is 9.29. The van der Waals surface area contributed by atoms with E-state index in [9.17, 15) is 22.4 Å². The third-order valence-corrected chi connectivity index (χ3v) is 4.31. The predicted molar refractivity (Wildman–Crippen MR) is 95.1 cm³/mol. The molecule has 28 heavy (non-hydrogen) atoms. The van der Waals surface area contributed by atoms with E-state index in [2.05, 4.69) is 11.7 Å². The molecule has 0 bridgehead atoms. The third-order valence-electron chi connectivity index (χ3n) is 4.31. The summed E-state index contributed by atoms with van der Waals surface area (Å²) >= 11 is 0. The first-order valence-electron chi connectivity index (χ1n) is 9.29. The van der Waals surface area contributed by atoms with Gasteiger partial charge in [0.15, 0.2) is 6.29 Å². The van der Waals surface area contributed by atoms with E-state index in [1.54, 1.807) is 0 Å². The van der Waals surface area contributed by atoms with Gasteiger partial charge in [0.05, 0.1) is 13.2 Å². The van der Waals surface area contributed by atoms with Crippen molar-refractivity contribution in [1.82, 2.24) is 0 Å². The smallest absolute Gasteiger partial charge is 0.420 e. The van der Waals surface area contributed by atoms with Crippen LogP contribution in [0.5, 0.6) is 5.75 Å². The highest BCUT2D eigenvalue weighted by molar-refractivity contribution is 5.78. The van der Waals surface area contributed by atoms with Crippen molar-refractivity contribution >= 4 is 12.0 Å². The van der Waals surface area contributed by atoms with E-state index in [-0.39, 0.29) is 5.56 Å². The van der Waals surface area contributed by atoms with Gasteiger partial charge in [-0.15, -0.1) is 0 Å². The zero-order valence-electron chi connectivity index (χ0n) is 15.6. The maximum Gasteiger partial charge on any atom is 0.491 e. The van der Waals surface area contributed by atoms with Crippen molar-refractivity contribution in [3.63, 3.8) is 0 Å². The Kier molecular flexibility index (Phi) is 8.44. The van der Waals surface area contributed by atoms with E-state index in [0.717, 1.165) is 25.0 Å². The van der Waals surface area contributed by atoms with E-state index >= 15 is 0 Å². The molecule has 0 atom stereocenters. The summed E-state index contributed by atoms with van der Waals surface area (Å²) in [6.07, 6.45) is 3.00. The number of hydrogen-bond donors (Lipinski definition) is 0. The largest absolute Gasteiger partial charge is 0.491 e. The molecule has 156 valence electrons. The Morgan fingerprint density at radius 2 is 1.93 bits per heavy atom. The Labute approximate surface area is 161 Å². The first kappa shape index (κ1) is 22.4. The average molecular weight is 404 g/mol. The van der Waals surface area contributed by atoms with Crippen LogP contribution in [0.25, 0.3) is 6.08 Å². The summed E-state index contributed by atoms with van der Waals surface area (Å²) in [5.74, 6) is -3.40. The molecule has 1 fully saturated rings. The monoisotopic (exact) mass is 404 g/mol. The van der Waals surface area contributed by atoms with Crippen LogP contribution < -0.4 is 4.74 Å². The van der Waals surface area contributed by atoms with Crippen molar-refractivity contribution in [2.45, 2.75) is 51.5 Å². The van der Waals surface area contributed by atoms with Gasteiger partial charge in [0.25, 0.3) is 0 Å². The first-order chi connectivity index (χ1) is 13.3. The molecular formula is C20H24F4O4. The van der Waals surface area contributed by atoms with Crippen LogP contribution in [-0.4, -0.2) is 31.6 Å². The molecule has 1 aliphatic rings. The summed E-state index contributed by atoms with van der Waals surface area (Å²) in [7, 11) is 0. The summed E-state index contributed by atoms with van der Waals surface area (Å²) in [6, 6.07) is 3.02. The molecule has 2 rings (SSSR count). The van der Waals surface area contributed by atoms with E-state index in [1.807, 2.05) is 0 Å². The standard InChI is InChI=1S/C20H24F4O4/c1-2-3-4-5-6-14-12-26-18(27-13-14)10-8-15-7-9-16(11-17(15)21)28-19(25)20(22,23)24/h7-11,14,18H,2-6,12-13H2,1H3/b10-8+. The molecule has 1 aromatic rings. The number of rotatable bonds is 8. The Bertz CT molecular complexity index is 665. The lowest BCUT2D eigenvalue weighted by Crippen LogP contribution is -2.30. The summed E-state index contributed by atoms with van der Waals surface area (Å²) in [5, 5.41) is 0. The molecular weight excluding hydrogens is 380 g/mol. The van der Waals surface area contributed by atoms with Gasteiger partial charge in [-0.05, 0) is 24.6 Å². The minimum atomic E-state index is -5.14. The number of hydrogen-bond acceptors (Lipinski definition) is 4. The summed E-state index contributed by atoms with van der Waals surface area (Å²) in [4.78, 5) is 10.8. The second-order valence-electron chi connectivity index (χ2n) is 6.68. The summed E-state index contributed by atoms with van der Waals surface area (Å²) < 4.78 is 65.8. The van der Waals surface area contributed by atoms with Crippen molar-refractivity contribution in [1.29, 1.82) is 0 Å². The molecule has 1 aliphatic heterocycles. The number of halogens is 4. The number of alkyl halides is 3. The van der Waals surface area contributed by atoms with Crippen LogP contribution in [0.1, 0.15) is 44.6 Å². The Morgan fingerprint density at radius 3 is 2.54 bits per heavy atom. The van der Waals surface area contributed by atoms with Crippen LogP contribution in [0.2, 0.25) is 0 Å². The van der Waals surface area contributed by atoms with E-state index in [1.165, 1.54) is 37.5 Å². The second-order valence-corrected chi connectivity index (χ2v) is 6.68. The Balaban J connectivity index is 1.82. The molecule has 0 spiro atoms. The van der Waals surface area contributed by atoms with E-state index in [4.69, 9.17) is 9.47 Å². The van der Waals surface area contributed by atoms with Gasteiger partial charge < -0.3 is 14.2 Å². The predicted octanol–water partition coefficient (Wildman–Crippen LogP) is 5.27. The fourth-order valence-corrected chi connectivity index (χ4v) is 2.75. The molecule has 0 saturated carbocycles. The van der Waals surface area contributed by atoms with Gasteiger partial charge in [-0.3, -0.25) is 0 Å². The maximum absolute atomic E-state index is 14.0. The minimum Gasteiger partial charge on any atom is -0.420 e. The van der Waals surface area contributed by atoms with Crippen LogP contribution in [-0.2, 0) is 14.3 Å². The average Bonchev–Trinajstić information content (AvgIpc) is 2.65. The number of ether oxygens (including phenoxy) is 3. The zero-order valence-corrected chi connectivity index (χ0v) is 15.6. The lowest BCUT2D eigenvalue weighted by molar-refractivity contribution is -0.189. The quantitative estimate of drug-likeness (QED) is 0.256. The normalized spacial score (nSPS) is 20.5. The van der Waals surface area contributed by atoms with Crippen LogP contribution in [0.4, 0.5) is 17.6 Å². The topological polar surface area (TPSA) is 44.8 Å². The number of unbranched alkanes of at least 4 members (excludes halogenated alkanes) is 3. The van der Waals surface area contributed by atoms with Gasteiger partial charge in [-0.1, -0.05) is 38.7 Å². The van der Waals surface area contributed by atoms with Crippen LogP contribution in [0.3, 0.4) is 0 Å². The molecule has 0 unspecified atom stereocenters. The Hall–Kier alpha value is -1.93. The maximum atomic E-state index is 14.0. The fraction of sp³-hybridized carbons (Fsp3) is 0.550. The molecule has 1 aromatic carbocycles. The Morgan fingerprint density at radius 1 is 1.21 bits per heavy atom. The SMILES string of the molecule is CCCCCCC1COC(/C=C/c2ccc(OC(=O)C(F)(F)F)cc2F)OC1. The molecule has 1 heterocycles. The van der Waals surface area contributed by atoms with Crippen LogP contribution in [0.15, 0.2) is 24.3 Å². The van der Waals surface area contributed by atoms with Crippen molar-refractivity contribution in [3.8, 4) is 5.75 Å². The highest BCUT2D eigenvalue weighted by Gasteiger charge is 2.41. The van der Waals surface area contributed by atoms with Gasteiger partial charge in [0.2, 0.25) is 0 Å². The zero-order chi connectivity index (χ0) is 20.6. The summed E-state index contributed by atoms with van der Waals surface area (Å²) in [6.45, 7) is 3.29. The van der Waals surface area contributed by atoms with Gasteiger partial charge >= 0.3 is 12.1 Å². The highest BCUT2D eigenvalue weighted by atomic mass is 19.4. The molecule has 0 aromatic heterocycles. The highest BCUT2D eigenvalue weighted by Crippen LogP contribution is 2.23. The van der Waals surface area contributed by atoms with Gasteiger partial charge in [-0.2, -0.15) is 13.2 Å². The second kappa shape index (κ2) is 10.6. The van der Waals surface area contributed by atoms with Crippen molar-refractivity contribution in [2.24, 2.45) is 5.92 Å². The van der Waals surface area contributed by atoms with Crippen LogP contribution >= 0.6 is 0 Å². The van der Waals surface area contributed by atoms with Gasteiger partial charge in [0, 0.05) is 17.5 Å².